The molecular formula is C28H43N3O. The van der Waals surface area contributed by atoms with Gasteiger partial charge in [-0.2, -0.15) is 10.4 Å². The lowest BCUT2D eigenvalue weighted by Crippen LogP contribution is -2.56. The largest absolute Gasteiger partial charge is 0.390 e. The van der Waals surface area contributed by atoms with Crippen LogP contribution in [0.4, 0.5) is 0 Å². The van der Waals surface area contributed by atoms with E-state index in [4.69, 9.17) is 0 Å². The molecule has 5 rings (SSSR count). The number of nitrogens with zero attached hydrogens (tertiary/aromatic N) is 3. The lowest BCUT2D eigenvalue weighted by Gasteiger charge is -2.62. The minimum Gasteiger partial charge on any atom is -0.390 e. The van der Waals surface area contributed by atoms with Crippen molar-refractivity contribution in [3.8, 4) is 6.07 Å². The maximum absolute atomic E-state index is 11.0. The molecule has 0 bridgehead atoms. The van der Waals surface area contributed by atoms with Gasteiger partial charge < -0.3 is 5.11 Å². The highest BCUT2D eigenvalue weighted by molar-refractivity contribution is 5.18. The van der Waals surface area contributed by atoms with Gasteiger partial charge >= 0.3 is 0 Å². The molecule has 4 saturated carbocycles. The van der Waals surface area contributed by atoms with Crippen molar-refractivity contribution < 1.29 is 5.11 Å². The molecular weight excluding hydrogens is 394 g/mol. The summed E-state index contributed by atoms with van der Waals surface area (Å²) in [7, 11) is 0. The lowest BCUT2D eigenvalue weighted by molar-refractivity contribution is -0.152. The number of hydrogen-bond donors (Lipinski definition) is 1. The van der Waals surface area contributed by atoms with E-state index in [-0.39, 0.29) is 0 Å². The first-order valence-corrected chi connectivity index (χ1v) is 13.4. The van der Waals surface area contributed by atoms with Crippen LogP contribution in [0.3, 0.4) is 0 Å². The number of aliphatic hydroxyl groups is 1. The molecule has 4 aliphatic rings. The molecule has 1 N–H and O–H groups in total. The third-order valence-electron chi connectivity index (χ3n) is 11.5. The summed E-state index contributed by atoms with van der Waals surface area (Å²) in [6, 6.07) is 4.13. The van der Waals surface area contributed by atoms with Gasteiger partial charge in [0.15, 0.2) is 0 Å². The Hall–Kier alpha value is -1.34. The van der Waals surface area contributed by atoms with Crippen molar-refractivity contribution in [2.75, 3.05) is 0 Å². The second-order valence-electron chi connectivity index (χ2n) is 12.7. The van der Waals surface area contributed by atoms with E-state index >= 15 is 0 Å². The Kier molecular flexibility index (Phi) is 5.52. The average molecular weight is 438 g/mol. The fourth-order valence-electron chi connectivity index (χ4n) is 9.59. The smallest absolute Gasteiger partial charge is 0.138 e. The van der Waals surface area contributed by atoms with Gasteiger partial charge in [0.1, 0.15) is 11.8 Å². The molecule has 1 heterocycles. The molecule has 0 saturated heterocycles. The fraction of sp³-hybridized carbons (Fsp3) is 0.857. The molecule has 4 nitrogen and oxygen atoms in total. The highest BCUT2D eigenvalue weighted by Gasteiger charge is 2.61. The zero-order chi connectivity index (χ0) is 22.7. The first kappa shape index (κ1) is 22.5. The first-order valence-electron chi connectivity index (χ1n) is 13.4. The standard InChI is InChI=1S/C28H43N3O/c1-5-28(32)14-13-26(3)20(16-28)6-7-22-24-9-8-23(27(24,4)12-10-25(22)26)19(2)18-31-21(17-29)11-15-30-31/h11,15,19-20,22-25,32H,5-10,12-14,16,18H2,1-4H3/t19-,20-,22+,23-,24+,25+,26+,27-,28-/m1/s1. The van der Waals surface area contributed by atoms with Gasteiger partial charge in [-0.25, -0.2) is 0 Å². The molecule has 4 fully saturated rings. The van der Waals surface area contributed by atoms with Crippen LogP contribution in [-0.4, -0.2) is 20.5 Å². The van der Waals surface area contributed by atoms with E-state index in [1.807, 2.05) is 10.7 Å². The predicted octanol–water partition coefficient (Wildman–Crippen LogP) is 6.19. The Bertz CT molecular complexity index is 887. The molecule has 1 aromatic heterocycles. The summed E-state index contributed by atoms with van der Waals surface area (Å²) in [5.74, 6) is 4.57. The molecule has 4 aliphatic carbocycles. The van der Waals surface area contributed by atoms with Gasteiger partial charge in [0, 0.05) is 6.54 Å². The maximum Gasteiger partial charge on any atom is 0.138 e. The number of rotatable bonds is 4. The average Bonchev–Trinajstić information content (AvgIpc) is 3.37. The third-order valence-corrected chi connectivity index (χ3v) is 11.5. The Morgan fingerprint density at radius 3 is 2.66 bits per heavy atom. The molecule has 176 valence electrons. The van der Waals surface area contributed by atoms with Crippen LogP contribution in [0.1, 0.15) is 97.6 Å². The van der Waals surface area contributed by atoms with Gasteiger partial charge in [0.2, 0.25) is 0 Å². The maximum atomic E-state index is 11.0. The Labute approximate surface area is 194 Å². The molecule has 0 unspecified atom stereocenters. The molecule has 1 aromatic rings. The molecule has 32 heavy (non-hydrogen) atoms. The van der Waals surface area contributed by atoms with E-state index in [9.17, 15) is 10.4 Å². The van der Waals surface area contributed by atoms with E-state index in [1.54, 1.807) is 6.20 Å². The number of nitriles is 1. The quantitative estimate of drug-likeness (QED) is 0.611. The Morgan fingerprint density at radius 1 is 1.12 bits per heavy atom. The van der Waals surface area contributed by atoms with Crippen molar-refractivity contribution in [3.05, 3.63) is 18.0 Å². The van der Waals surface area contributed by atoms with E-state index in [2.05, 4.69) is 38.9 Å². The van der Waals surface area contributed by atoms with Crippen molar-refractivity contribution in [1.29, 1.82) is 5.26 Å². The fourth-order valence-corrected chi connectivity index (χ4v) is 9.59. The van der Waals surface area contributed by atoms with Crippen LogP contribution in [0, 0.1) is 57.7 Å². The molecule has 0 radical (unpaired) electrons. The zero-order valence-electron chi connectivity index (χ0n) is 20.7. The molecule has 0 amide bonds. The van der Waals surface area contributed by atoms with E-state index in [1.165, 1.54) is 44.9 Å². The van der Waals surface area contributed by atoms with Gasteiger partial charge in [-0.1, -0.05) is 27.7 Å². The highest BCUT2D eigenvalue weighted by Crippen LogP contribution is 2.68. The van der Waals surface area contributed by atoms with Crippen LogP contribution in [-0.2, 0) is 6.54 Å². The van der Waals surface area contributed by atoms with Crippen molar-refractivity contribution in [2.24, 2.45) is 46.3 Å². The second-order valence-corrected chi connectivity index (χ2v) is 12.7. The summed E-state index contributed by atoms with van der Waals surface area (Å²) in [5, 5.41) is 24.9. The normalized spacial score (nSPS) is 46.6. The van der Waals surface area contributed by atoms with Crippen LogP contribution in [0.2, 0.25) is 0 Å². The summed E-state index contributed by atoms with van der Waals surface area (Å²) in [6.07, 6.45) is 14.1. The molecule has 9 atom stereocenters. The lowest BCUT2D eigenvalue weighted by atomic mass is 9.43. The summed E-state index contributed by atoms with van der Waals surface area (Å²) < 4.78 is 1.93. The first-order chi connectivity index (χ1) is 15.2. The van der Waals surface area contributed by atoms with E-state index < -0.39 is 5.60 Å². The predicted molar refractivity (Wildman–Crippen MR) is 127 cm³/mol. The van der Waals surface area contributed by atoms with Crippen LogP contribution < -0.4 is 0 Å². The number of hydrogen-bond acceptors (Lipinski definition) is 3. The van der Waals surface area contributed by atoms with Crippen molar-refractivity contribution in [1.82, 2.24) is 9.78 Å². The van der Waals surface area contributed by atoms with Gasteiger partial charge in [-0.15, -0.1) is 0 Å². The monoisotopic (exact) mass is 437 g/mol. The Balaban J connectivity index is 1.33. The van der Waals surface area contributed by atoms with Crippen LogP contribution in [0.25, 0.3) is 0 Å². The number of aromatic nitrogens is 2. The van der Waals surface area contributed by atoms with Crippen molar-refractivity contribution in [3.63, 3.8) is 0 Å². The Morgan fingerprint density at radius 2 is 1.91 bits per heavy atom. The summed E-state index contributed by atoms with van der Waals surface area (Å²) in [4.78, 5) is 0. The van der Waals surface area contributed by atoms with Gasteiger partial charge in [-0.05, 0) is 117 Å². The van der Waals surface area contributed by atoms with Crippen LogP contribution in [0.5, 0.6) is 0 Å². The van der Waals surface area contributed by atoms with Crippen molar-refractivity contribution in [2.45, 2.75) is 104 Å². The summed E-state index contributed by atoms with van der Waals surface area (Å²) >= 11 is 0. The minimum atomic E-state index is -0.400. The van der Waals surface area contributed by atoms with E-state index in [0.717, 1.165) is 49.5 Å². The van der Waals surface area contributed by atoms with Crippen molar-refractivity contribution >= 4 is 0 Å². The minimum absolute atomic E-state index is 0.400. The SMILES string of the molecule is CC[C@@]1(O)CC[C@@]2(C)[C@H](CC[C@@H]3[C@@H]2CC[C@]2(C)[C@@H]([C@H](C)Cn4nccc4C#N)CC[C@@H]32)C1. The van der Waals surface area contributed by atoms with E-state index in [0.29, 0.717) is 28.4 Å². The topological polar surface area (TPSA) is 61.8 Å². The molecule has 0 aromatic carbocycles. The second kappa shape index (κ2) is 7.86. The molecule has 4 heteroatoms. The third kappa shape index (κ3) is 3.29. The van der Waals surface area contributed by atoms with Crippen LogP contribution in [0.15, 0.2) is 12.3 Å². The van der Waals surface area contributed by atoms with Gasteiger partial charge in [0.05, 0.1) is 11.8 Å². The molecule has 0 aliphatic heterocycles. The van der Waals surface area contributed by atoms with Crippen LogP contribution >= 0.6 is 0 Å². The van der Waals surface area contributed by atoms with Gasteiger partial charge in [0.25, 0.3) is 0 Å². The highest BCUT2D eigenvalue weighted by atomic mass is 16.3. The number of fused-ring (bicyclic) bond motifs is 5. The summed E-state index contributed by atoms with van der Waals surface area (Å²) in [6.45, 7) is 10.7. The molecule has 0 spiro atoms. The summed E-state index contributed by atoms with van der Waals surface area (Å²) in [5.41, 5.74) is 1.16. The zero-order valence-corrected chi connectivity index (χ0v) is 20.7. The van der Waals surface area contributed by atoms with Gasteiger partial charge in [-0.3, -0.25) is 4.68 Å².